The topological polar surface area (TPSA) is 89.3 Å². The molecule has 8 heteroatoms. The zero-order valence-corrected chi connectivity index (χ0v) is 10.5. The van der Waals surface area contributed by atoms with Crippen molar-refractivity contribution in [2.45, 2.75) is 9.79 Å². The molecule has 1 atom stereocenters. The van der Waals surface area contributed by atoms with Gasteiger partial charge in [-0.25, -0.2) is 13.6 Å². The molecular weight excluding hydrogens is 272 g/mol. The van der Waals surface area contributed by atoms with Gasteiger partial charge in [-0.1, -0.05) is 11.6 Å². The average Bonchev–Trinajstić information content (AvgIpc) is 2.15. The van der Waals surface area contributed by atoms with Gasteiger partial charge in [0.05, 0.1) is 21.4 Å². The van der Waals surface area contributed by atoms with Crippen molar-refractivity contribution < 1.29 is 12.6 Å². The first kappa shape index (κ1) is 11.8. The van der Waals surface area contributed by atoms with Crippen LogP contribution in [-0.4, -0.2) is 24.9 Å². The molecular formula is C8H9ClN2O3S2. The summed E-state index contributed by atoms with van der Waals surface area (Å²) < 4.78 is 34.5. The summed E-state index contributed by atoms with van der Waals surface area (Å²) in [4.78, 5) is 0.0543. The number of rotatable bonds is 1. The van der Waals surface area contributed by atoms with Crippen LogP contribution in [-0.2, 0) is 20.8 Å². The maximum Gasteiger partial charge on any atom is 0.239 e. The Labute approximate surface area is 100 Å². The van der Waals surface area contributed by atoms with Gasteiger partial charge in [-0.3, -0.25) is 4.21 Å². The van der Waals surface area contributed by atoms with Gasteiger partial charge in [0.25, 0.3) is 0 Å². The first-order valence-electron chi connectivity index (χ1n) is 4.38. The van der Waals surface area contributed by atoms with E-state index >= 15 is 0 Å². The third kappa shape index (κ3) is 2.08. The lowest BCUT2D eigenvalue weighted by molar-refractivity contribution is 0.595. The number of fused-ring (bicyclic) bond motifs is 1. The number of anilines is 1. The van der Waals surface area contributed by atoms with Crippen LogP contribution in [0.3, 0.4) is 0 Å². The molecule has 88 valence electrons. The standard InChI is InChI=1S/C8H9ClN2O3S2/c9-5-3-6-8(15(12)2-1-11-6)7(4-5)16(10,13)14/h3-4,11H,1-2H2,(H2,10,13,14). The number of nitrogens with two attached hydrogens (primary N) is 1. The highest BCUT2D eigenvalue weighted by Crippen LogP contribution is 2.32. The van der Waals surface area contributed by atoms with Gasteiger partial charge < -0.3 is 5.32 Å². The summed E-state index contributed by atoms with van der Waals surface area (Å²) in [5, 5.41) is 8.26. The van der Waals surface area contributed by atoms with Gasteiger partial charge in [0.2, 0.25) is 10.0 Å². The van der Waals surface area contributed by atoms with Crippen LogP contribution < -0.4 is 10.5 Å². The number of hydrogen-bond acceptors (Lipinski definition) is 4. The van der Waals surface area contributed by atoms with Crippen molar-refractivity contribution in [2.75, 3.05) is 17.6 Å². The molecule has 0 saturated carbocycles. The highest BCUT2D eigenvalue weighted by Gasteiger charge is 2.25. The van der Waals surface area contributed by atoms with Crippen molar-refractivity contribution in [3.63, 3.8) is 0 Å². The Bertz CT molecular complexity index is 571. The molecule has 16 heavy (non-hydrogen) atoms. The molecule has 1 aromatic carbocycles. The lowest BCUT2D eigenvalue weighted by Crippen LogP contribution is -2.23. The van der Waals surface area contributed by atoms with Crippen molar-refractivity contribution in [3.05, 3.63) is 17.2 Å². The zero-order chi connectivity index (χ0) is 11.9. The van der Waals surface area contributed by atoms with E-state index in [9.17, 15) is 12.6 Å². The Kier molecular flexibility index (Phi) is 2.95. The van der Waals surface area contributed by atoms with Crippen LogP contribution in [0.1, 0.15) is 0 Å². The zero-order valence-electron chi connectivity index (χ0n) is 8.07. The normalized spacial score (nSPS) is 20.0. The second kappa shape index (κ2) is 3.99. The molecule has 0 bridgehead atoms. The second-order valence-electron chi connectivity index (χ2n) is 3.30. The fourth-order valence-electron chi connectivity index (χ4n) is 1.53. The van der Waals surface area contributed by atoms with Crippen molar-refractivity contribution in [1.29, 1.82) is 0 Å². The van der Waals surface area contributed by atoms with E-state index in [0.717, 1.165) is 0 Å². The number of primary sulfonamides is 1. The van der Waals surface area contributed by atoms with Crippen molar-refractivity contribution >= 4 is 38.1 Å². The number of hydrogen-bond donors (Lipinski definition) is 2. The van der Waals surface area contributed by atoms with E-state index in [-0.39, 0.29) is 14.8 Å². The number of benzene rings is 1. The monoisotopic (exact) mass is 280 g/mol. The van der Waals surface area contributed by atoms with E-state index < -0.39 is 20.8 Å². The fourth-order valence-corrected chi connectivity index (χ4v) is 4.25. The molecule has 0 amide bonds. The molecule has 0 fully saturated rings. The van der Waals surface area contributed by atoms with Crippen LogP contribution in [0.5, 0.6) is 0 Å². The SMILES string of the molecule is NS(=O)(=O)c1cc(Cl)cc2c1S(=O)CCN2. The van der Waals surface area contributed by atoms with Gasteiger partial charge in [0.15, 0.2) is 0 Å². The molecule has 0 aliphatic carbocycles. The Morgan fingerprint density at radius 3 is 2.75 bits per heavy atom. The maximum atomic E-state index is 11.8. The molecule has 0 aromatic heterocycles. The lowest BCUT2D eigenvalue weighted by Gasteiger charge is -2.19. The minimum atomic E-state index is -3.92. The minimum absolute atomic E-state index is 0.166. The molecule has 1 aliphatic heterocycles. The summed E-state index contributed by atoms with van der Waals surface area (Å²) in [6, 6.07) is 2.77. The first-order valence-corrected chi connectivity index (χ1v) is 7.62. The largest absolute Gasteiger partial charge is 0.383 e. The number of nitrogens with one attached hydrogen (secondary N) is 1. The van der Waals surface area contributed by atoms with Crippen molar-refractivity contribution in [1.82, 2.24) is 0 Å². The Morgan fingerprint density at radius 2 is 2.12 bits per heavy atom. The van der Waals surface area contributed by atoms with Gasteiger partial charge in [-0.15, -0.1) is 0 Å². The molecule has 1 heterocycles. The molecule has 1 unspecified atom stereocenters. The Balaban J connectivity index is 2.79. The van der Waals surface area contributed by atoms with E-state index in [0.29, 0.717) is 18.0 Å². The summed E-state index contributed by atoms with van der Waals surface area (Å²) >= 11 is 5.78. The van der Waals surface area contributed by atoms with Crippen LogP contribution in [0.15, 0.2) is 21.9 Å². The third-order valence-corrected chi connectivity index (χ3v) is 4.91. The number of sulfonamides is 1. The van der Waals surface area contributed by atoms with E-state index in [2.05, 4.69) is 5.32 Å². The van der Waals surface area contributed by atoms with Crippen molar-refractivity contribution in [2.24, 2.45) is 5.14 Å². The molecule has 0 radical (unpaired) electrons. The predicted molar refractivity (Wildman–Crippen MR) is 62.6 cm³/mol. The van der Waals surface area contributed by atoms with Crippen LogP contribution in [0.25, 0.3) is 0 Å². The van der Waals surface area contributed by atoms with Crippen LogP contribution in [0.4, 0.5) is 5.69 Å². The quantitative estimate of drug-likeness (QED) is 0.785. The fraction of sp³-hybridized carbons (Fsp3) is 0.250. The molecule has 5 nitrogen and oxygen atoms in total. The highest BCUT2D eigenvalue weighted by molar-refractivity contribution is 7.91. The third-order valence-electron chi connectivity index (χ3n) is 2.16. The highest BCUT2D eigenvalue weighted by atomic mass is 35.5. The molecule has 3 N–H and O–H groups in total. The lowest BCUT2D eigenvalue weighted by atomic mass is 10.3. The van der Waals surface area contributed by atoms with E-state index in [4.69, 9.17) is 16.7 Å². The van der Waals surface area contributed by atoms with Gasteiger partial charge >= 0.3 is 0 Å². The van der Waals surface area contributed by atoms with Gasteiger partial charge in [-0.05, 0) is 12.1 Å². The molecule has 0 saturated heterocycles. The summed E-state index contributed by atoms with van der Waals surface area (Å²) in [5.74, 6) is 0.358. The first-order chi connectivity index (χ1) is 7.39. The van der Waals surface area contributed by atoms with Gasteiger partial charge in [0, 0.05) is 17.3 Å². The Hall–Kier alpha value is -0.630. The number of halogens is 1. The maximum absolute atomic E-state index is 11.8. The Morgan fingerprint density at radius 1 is 1.44 bits per heavy atom. The minimum Gasteiger partial charge on any atom is -0.383 e. The average molecular weight is 281 g/mol. The summed E-state index contributed by atoms with van der Waals surface area (Å²) in [7, 11) is -5.28. The summed E-state index contributed by atoms with van der Waals surface area (Å²) in [6.45, 7) is 0.518. The van der Waals surface area contributed by atoms with E-state index in [1.807, 2.05) is 0 Å². The van der Waals surface area contributed by atoms with Gasteiger partial charge in [-0.2, -0.15) is 0 Å². The smallest absolute Gasteiger partial charge is 0.239 e. The summed E-state index contributed by atoms with van der Waals surface area (Å²) in [5.41, 5.74) is 0.473. The predicted octanol–water partition coefficient (Wildman–Crippen LogP) is 0.521. The molecule has 0 spiro atoms. The molecule has 1 aliphatic rings. The second-order valence-corrected chi connectivity index (χ2v) is 6.78. The van der Waals surface area contributed by atoms with E-state index in [1.165, 1.54) is 6.07 Å². The molecule has 2 rings (SSSR count). The van der Waals surface area contributed by atoms with Crippen molar-refractivity contribution in [3.8, 4) is 0 Å². The van der Waals surface area contributed by atoms with Crippen LogP contribution >= 0.6 is 11.6 Å². The summed E-state index contributed by atoms with van der Waals surface area (Å²) in [6.07, 6.45) is 0. The van der Waals surface area contributed by atoms with Crippen LogP contribution in [0.2, 0.25) is 5.02 Å². The van der Waals surface area contributed by atoms with Gasteiger partial charge in [0.1, 0.15) is 4.90 Å². The molecule has 1 aromatic rings. The van der Waals surface area contributed by atoms with Crippen LogP contribution in [0, 0.1) is 0 Å². The van der Waals surface area contributed by atoms with E-state index in [1.54, 1.807) is 6.07 Å².